The van der Waals surface area contributed by atoms with Crippen molar-refractivity contribution >= 4 is 46.0 Å². The Bertz CT molecular complexity index is 1270. The van der Waals surface area contributed by atoms with Gasteiger partial charge in [-0.25, -0.2) is 4.98 Å². The molecule has 0 aliphatic carbocycles. The molecule has 2 heterocycles. The van der Waals surface area contributed by atoms with Crippen LogP contribution in [0, 0.1) is 17.0 Å². The van der Waals surface area contributed by atoms with Crippen LogP contribution in [0.1, 0.15) is 26.4 Å². The van der Waals surface area contributed by atoms with Crippen LogP contribution in [0.2, 0.25) is 0 Å². The lowest BCUT2D eigenvalue weighted by Crippen LogP contribution is -2.30. The Morgan fingerprint density at radius 2 is 1.88 bits per heavy atom. The van der Waals surface area contributed by atoms with Crippen LogP contribution in [0.15, 0.2) is 66.0 Å². The number of nitro benzene ring substituents is 1. The van der Waals surface area contributed by atoms with E-state index in [2.05, 4.69) is 10.3 Å². The third-order valence-electron chi connectivity index (χ3n) is 4.99. The van der Waals surface area contributed by atoms with Gasteiger partial charge >= 0.3 is 0 Å². The molecular formula is C23H20N4O3S2. The average molecular weight is 465 g/mol. The molecule has 0 aliphatic rings. The molecule has 0 saturated carbocycles. The molecule has 4 aromatic rings. The van der Waals surface area contributed by atoms with Crippen molar-refractivity contribution in [1.29, 1.82) is 0 Å². The molecule has 0 amide bonds. The number of aryl methyl sites for hydroxylation is 1. The summed E-state index contributed by atoms with van der Waals surface area (Å²) in [5.41, 5.74) is 2.55. The van der Waals surface area contributed by atoms with Gasteiger partial charge in [0.2, 0.25) is 0 Å². The highest BCUT2D eigenvalue weighted by molar-refractivity contribution is 7.16. The maximum absolute atomic E-state index is 11.6. The van der Waals surface area contributed by atoms with Crippen molar-refractivity contribution in [2.75, 3.05) is 17.3 Å². The summed E-state index contributed by atoms with van der Waals surface area (Å²) in [6.07, 6.45) is 0.363. The summed E-state index contributed by atoms with van der Waals surface area (Å²) in [7, 11) is 1.86. The topological polar surface area (TPSA) is 88.4 Å². The summed E-state index contributed by atoms with van der Waals surface area (Å²) in [5.74, 6) is 0. The van der Waals surface area contributed by atoms with E-state index in [9.17, 15) is 14.9 Å². The van der Waals surface area contributed by atoms with Gasteiger partial charge in [-0.05, 0) is 37.3 Å². The number of nitrogens with zero attached hydrogens (tertiary/aromatic N) is 3. The minimum atomic E-state index is -0.448. The fraction of sp³-hybridized carbons (Fsp3) is 0.130. The highest BCUT2D eigenvalue weighted by Gasteiger charge is 2.25. The number of thiophene rings is 1. The van der Waals surface area contributed by atoms with E-state index in [1.54, 1.807) is 53.0 Å². The van der Waals surface area contributed by atoms with Crippen LogP contribution in [-0.4, -0.2) is 23.2 Å². The Hall–Kier alpha value is -3.56. The Morgan fingerprint density at radius 1 is 1.12 bits per heavy atom. The van der Waals surface area contributed by atoms with Crippen molar-refractivity contribution in [3.8, 4) is 10.6 Å². The molecular weight excluding hydrogens is 444 g/mol. The van der Waals surface area contributed by atoms with E-state index in [0.717, 1.165) is 32.4 Å². The predicted molar refractivity (Wildman–Crippen MR) is 130 cm³/mol. The van der Waals surface area contributed by atoms with E-state index in [-0.39, 0.29) is 5.69 Å². The molecule has 0 fully saturated rings. The number of carbonyl (C=O) groups excluding carboxylic acids is 1. The van der Waals surface area contributed by atoms with Gasteiger partial charge in [0, 0.05) is 34.6 Å². The largest absolute Gasteiger partial charge is 0.355 e. The standard InChI is InChI=1S/C23H20N4O3S2/c1-15-24-18(14-31-15)21-11-12-22(32-21)23(25-17-8-4-6-10-20(17)27(29)30)26(2)19-9-5-3-7-16(19)13-28/h3-14,23,25H,1-2H3. The molecule has 7 nitrogen and oxygen atoms in total. The molecule has 162 valence electrons. The van der Waals surface area contributed by atoms with Crippen molar-refractivity contribution in [3.05, 3.63) is 91.6 Å². The molecule has 1 N–H and O–H groups in total. The first-order valence-electron chi connectivity index (χ1n) is 9.77. The molecule has 2 aromatic heterocycles. The summed E-state index contributed by atoms with van der Waals surface area (Å²) in [4.78, 5) is 31.2. The molecule has 2 aromatic carbocycles. The number of para-hydroxylation sites is 3. The van der Waals surface area contributed by atoms with Crippen LogP contribution in [0.3, 0.4) is 0 Å². The number of hydrogen-bond acceptors (Lipinski definition) is 8. The van der Waals surface area contributed by atoms with E-state index < -0.39 is 11.1 Å². The number of thiazole rings is 1. The highest BCUT2D eigenvalue weighted by Crippen LogP contribution is 2.38. The van der Waals surface area contributed by atoms with Crippen molar-refractivity contribution in [1.82, 2.24) is 4.98 Å². The molecule has 0 bridgehead atoms. The smallest absolute Gasteiger partial charge is 0.292 e. The van der Waals surface area contributed by atoms with Crippen molar-refractivity contribution < 1.29 is 9.72 Å². The number of carbonyl (C=O) groups is 1. The maximum Gasteiger partial charge on any atom is 0.292 e. The molecule has 0 aliphatic heterocycles. The zero-order valence-electron chi connectivity index (χ0n) is 17.4. The summed E-state index contributed by atoms with van der Waals surface area (Å²) >= 11 is 3.15. The number of nitrogens with one attached hydrogen (secondary N) is 1. The van der Waals surface area contributed by atoms with Crippen LogP contribution in [-0.2, 0) is 0 Å². The van der Waals surface area contributed by atoms with Crippen molar-refractivity contribution in [2.24, 2.45) is 0 Å². The lowest BCUT2D eigenvalue weighted by molar-refractivity contribution is -0.384. The number of benzene rings is 2. The Labute approximate surface area is 193 Å². The van der Waals surface area contributed by atoms with Crippen molar-refractivity contribution in [3.63, 3.8) is 0 Å². The first-order valence-corrected chi connectivity index (χ1v) is 11.5. The van der Waals surface area contributed by atoms with Crippen LogP contribution in [0.25, 0.3) is 10.6 Å². The Balaban J connectivity index is 1.77. The molecule has 1 unspecified atom stereocenters. The third-order valence-corrected chi connectivity index (χ3v) is 6.93. The van der Waals surface area contributed by atoms with Gasteiger partial charge in [-0.15, -0.1) is 22.7 Å². The van der Waals surface area contributed by atoms with E-state index in [0.29, 0.717) is 11.3 Å². The van der Waals surface area contributed by atoms with Gasteiger partial charge in [0.1, 0.15) is 11.9 Å². The summed E-state index contributed by atoms with van der Waals surface area (Å²) in [5, 5.41) is 17.9. The fourth-order valence-corrected chi connectivity index (χ4v) is 5.17. The lowest BCUT2D eigenvalue weighted by atomic mass is 10.1. The SMILES string of the molecule is Cc1nc(-c2ccc(C(Nc3ccccc3[N+](=O)[O-])N(C)c3ccccc3C=O)s2)cs1. The molecule has 4 rings (SSSR count). The number of aromatic nitrogens is 1. The molecule has 0 spiro atoms. The first kappa shape index (κ1) is 21.7. The molecule has 32 heavy (non-hydrogen) atoms. The fourth-order valence-electron chi connectivity index (χ4n) is 3.42. The van der Waals surface area contributed by atoms with E-state index >= 15 is 0 Å². The van der Waals surface area contributed by atoms with Gasteiger partial charge in [-0.1, -0.05) is 24.3 Å². The van der Waals surface area contributed by atoms with E-state index in [1.807, 2.05) is 48.5 Å². The Kier molecular flexibility index (Phi) is 6.29. The number of aldehydes is 1. The van der Waals surface area contributed by atoms with Crippen LogP contribution < -0.4 is 10.2 Å². The van der Waals surface area contributed by atoms with Gasteiger partial charge in [0.15, 0.2) is 6.29 Å². The minimum absolute atomic E-state index is 0.0125. The number of hydrogen-bond donors (Lipinski definition) is 1. The van der Waals surface area contributed by atoms with Gasteiger partial charge in [0.05, 0.1) is 20.5 Å². The lowest BCUT2D eigenvalue weighted by Gasteiger charge is -2.31. The number of nitro groups is 1. The zero-order valence-corrected chi connectivity index (χ0v) is 19.0. The average Bonchev–Trinajstić information content (AvgIpc) is 3.46. The number of rotatable bonds is 8. The Morgan fingerprint density at radius 3 is 2.59 bits per heavy atom. The predicted octanol–water partition coefficient (Wildman–Crippen LogP) is 6.15. The van der Waals surface area contributed by atoms with Crippen molar-refractivity contribution in [2.45, 2.75) is 13.1 Å². The summed E-state index contributed by atoms with van der Waals surface area (Å²) < 4.78 is 0. The number of anilines is 2. The van der Waals surface area contributed by atoms with Gasteiger partial charge in [0.25, 0.3) is 5.69 Å². The molecule has 1 atom stereocenters. The normalized spacial score (nSPS) is 11.7. The first-order chi connectivity index (χ1) is 15.5. The monoisotopic (exact) mass is 464 g/mol. The summed E-state index contributed by atoms with van der Waals surface area (Å²) in [6.45, 7) is 1.96. The van der Waals surface area contributed by atoms with Gasteiger partial charge in [-0.3, -0.25) is 14.9 Å². The second-order valence-electron chi connectivity index (χ2n) is 7.06. The molecule has 0 radical (unpaired) electrons. The second kappa shape index (κ2) is 9.29. The van der Waals surface area contributed by atoms with Crippen LogP contribution in [0.4, 0.5) is 17.1 Å². The van der Waals surface area contributed by atoms with Gasteiger partial charge < -0.3 is 10.2 Å². The van der Waals surface area contributed by atoms with Crippen LogP contribution in [0.5, 0.6) is 0 Å². The van der Waals surface area contributed by atoms with E-state index in [4.69, 9.17) is 0 Å². The van der Waals surface area contributed by atoms with Crippen LogP contribution >= 0.6 is 22.7 Å². The molecule has 0 saturated heterocycles. The minimum Gasteiger partial charge on any atom is -0.355 e. The van der Waals surface area contributed by atoms with E-state index in [1.165, 1.54) is 6.07 Å². The zero-order chi connectivity index (χ0) is 22.7. The second-order valence-corrected chi connectivity index (χ2v) is 9.24. The van der Waals surface area contributed by atoms with Gasteiger partial charge in [-0.2, -0.15) is 0 Å². The quantitative estimate of drug-likeness (QED) is 0.146. The maximum atomic E-state index is 11.6. The third kappa shape index (κ3) is 4.39. The summed E-state index contributed by atoms with van der Waals surface area (Å²) in [6, 6.07) is 17.8. The molecule has 9 heteroatoms. The highest BCUT2D eigenvalue weighted by atomic mass is 32.1.